The fourth-order valence-corrected chi connectivity index (χ4v) is 1.40. The molecule has 2 N–H and O–H groups in total. The molecule has 78 valence electrons. The molecule has 0 aliphatic rings. The van der Waals surface area contributed by atoms with Gasteiger partial charge in [0.1, 0.15) is 0 Å². The van der Waals surface area contributed by atoms with Crippen molar-refractivity contribution in [2.24, 2.45) is 0 Å². The molecular weight excluding hydrogens is 194 g/mol. The van der Waals surface area contributed by atoms with Crippen LogP contribution in [0.2, 0.25) is 0 Å². The van der Waals surface area contributed by atoms with Crippen molar-refractivity contribution in [2.45, 2.75) is 20.0 Å². The lowest BCUT2D eigenvalue weighted by molar-refractivity contribution is -0.136. The Balaban J connectivity index is 3.22. The van der Waals surface area contributed by atoms with Crippen molar-refractivity contribution in [3.8, 4) is 6.07 Å². The first-order valence-electron chi connectivity index (χ1n) is 4.43. The third kappa shape index (κ3) is 2.55. The lowest BCUT2D eigenvalue weighted by atomic mass is 9.98. The third-order valence-electron chi connectivity index (χ3n) is 2.22. The fraction of sp³-hybridized carbons (Fsp3) is 0.273. The van der Waals surface area contributed by atoms with Crippen molar-refractivity contribution in [1.82, 2.24) is 0 Å². The van der Waals surface area contributed by atoms with Gasteiger partial charge >= 0.3 is 5.97 Å². The molecular formula is C11H11NO3. The van der Waals surface area contributed by atoms with Gasteiger partial charge in [0, 0.05) is 0 Å². The van der Waals surface area contributed by atoms with Gasteiger partial charge in [-0.2, -0.15) is 5.26 Å². The molecule has 0 radical (unpaired) electrons. The number of carbonyl (C=O) groups is 1. The van der Waals surface area contributed by atoms with Gasteiger partial charge in [0.2, 0.25) is 0 Å². The number of carboxylic acids is 1. The van der Waals surface area contributed by atoms with Gasteiger partial charge in [-0.25, -0.2) is 0 Å². The van der Waals surface area contributed by atoms with Crippen LogP contribution in [0.15, 0.2) is 12.1 Å². The van der Waals surface area contributed by atoms with Gasteiger partial charge in [-0.1, -0.05) is 6.07 Å². The third-order valence-corrected chi connectivity index (χ3v) is 2.22. The Morgan fingerprint density at radius 2 is 2.20 bits per heavy atom. The molecule has 1 aromatic rings. The number of hydrogen-bond donors (Lipinski definition) is 2. The molecule has 15 heavy (non-hydrogen) atoms. The second-order valence-corrected chi connectivity index (χ2v) is 3.27. The van der Waals surface area contributed by atoms with E-state index in [1.165, 1.54) is 0 Å². The van der Waals surface area contributed by atoms with Crippen LogP contribution in [0.1, 0.15) is 22.3 Å². The summed E-state index contributed by atoms with van der Waals surface area (Å²) >= 11 is 0. The summed E-state index contributed by atoms with van der Waals surface area (Å²) in [5, 5.41) is 26.5. The number of aliphatic hydroxyl groups excluding tert-OH is 1. The Morgan fingerprint density at radius 3 is 2.67 bits per heavy atom. The number of nitrogens with zero attached hydrogens (tertiary/aromatic N) is 1. The average molecular weight is 205 g/mol. The van der Waals surface area contributed by atoms with E-state index in [0.29, 0.717) is 22.3 Å². The number of carboxylic acid groups (broad SMARTS) is 1. The number of rotatable bonds is 3. The van der Waals surface area contributed by atoms with Crippen LogP contribution in [0.4, 0.5) is 0 Å². The summed E-state index contributed by atoms with van der Waals surface area (Å²) in [5.74, 6) is -0.952. The zero-order valence-corrected chi connectivity index (χ0v) is 8.32. The molecule has 0 unspecified atom stereocenters. The van der Waals surface area contributed by atoms with Crippen molar-refractivity contribution < 1.29 is 15.0 Å². The molecule has 0 atom stereocenters. The summed E-state index contributed by atoms with van der Waals surface area (Å²) in [6, 6.07) is 5.14. The Hall–Kier alpha value is -1.86. The number of aliphatic carboxylic acids is 1. The van der Waals surface area contributed by atoms with E-state index >= 15 is 0 Å². The van der Waals surface area contributed by atoms with E-state index in [-0.39, 0.29) is 13.0 Å². The first-order chi connectivity index (χ1) is 7.08. The quantitative estimate of drug-likeness (QED) is 0.770. The summed E-state index contributed by atoms with van der Waals surface area (Å²) in [6.07, 6.45) is -0.137. The largest absolute Gasteiger partial charge is 0.481 e. The smallest absolute Gasteiger partial charge is 0.307 e. The Labute approximate surface area is 87.4 Å². The van der Waals surface area contributed by atoms with Crippen LogP contribution in [0.3, 0.4) is 0 Å². The lowest BCUT2D eigenvalue weighted by Crippen LogP contribution is -2.03. The number of aliphatic hydroxyl groups is 1. The summed E-state index contributed by atoms with van der Waals surface area (Å²) in [5.41, 5.74) is 2.26. The van der Waals surface area contributed by atoms with Crippen LogP contribution >= 0.6 is 0 Å². The van der Waals surface area contributed by atoms with E-state index in [0.717, 1.165) is 0 Å². The minimum absolute atomic E-state index is 0.137. The highest BCUT2D eigenvalue weighted by molar-refractivity contribution is 5.70. The van der Waals surface area contributed by atoms with E-state index in [9.17, 15) is 4.79 Å². The van der Waals surface area contributed by atoms with Gasteiger partial charge in [-0.3, -0.25) is 4.79 Å². The van der Waals surface area contributed by atoms with E-state index in [2.05, 4.69) is 0 Å². The van der Waals surface area contributed by atoms with Crippen molar-refractivity contribution in [3.05, 3.63) is 34.4 Å². The average Bonchev–Trinajstić information content (AvgIpc) is 2.19. The highest BCUT2D eigenvalue weighted by Crippen LogP contribution is 2.17. The second-order valence-electron chi connectivity index (χ2n) is 3.27. The minimum atomic E-state index is -0.952. The van der Waals surface area contributed by atoms with E-state index in [1.807, 2.05) is 6.07 Å². The van der Waals surface area contributed by atoms with Crippen molar-refractivity contribution in [1.29, 1.82) is 5.26 Å². The summed E-state index contributed by atoms with van der Waals surface area (Å²) in [7, 11) is 0. The fourth-order valence-electron chi connectivity index (χ4n) is 1.40. The normalized spacial score (nSPS) is 9.67. The highest BCUT2D eigenvalue weighted by atomic mass is 16.4. The molecule has 0 bridgehead atoms. The summed E-state index contributed by atoms with van der Waals surface area (Å²) in [4.78, 5) is 10.5. The predicted octanol–water partition coefficient (Wildman–Crippen LogP) is 0.986. The Bertz CT molecular complexity index is 432. The first kappa shape index (κ1) is 11.2. The molecule has 0 fully saturated rings. The molecule has 0 saturated carbocycles. The standard InChI is InChI=1S/C11H11NO3/c1-7-9(5-12)2-8(4-11(14)15)3-10(7)6-13/h2-3,13H,4,6H2,1H3,(H,14,15). The second kappa shape index (κ2) is 4.58. The van der Waals surface area contributed by atoms with Gasteiger partial charge in [-0.05, 0) is 29.7 Å². The maximum absolute atomic E-state index is 10.5. The zero-order chi connectivity index (χ0) is 11.4. The lowest BCUT2D eigenvalue weighted by Gasteiger charge is -2.07. The molecule has 0 aromatic heterocycles. The summed E-state index contributed by atoms with van der Waals surface area (Å²) < 4.78 is 0. The Kier molecular flexibility index (Phi) is 3.42. The molecule has 4 nitrogen and oxygen atoms in total. The van der Waals surface area contributed by atoms with Crippen molar-refractivity contribution in [3.63, 3.8) is 0 Å². The molecule has 0 aliphatic heterocycles. The van der Waals surface area contributed by atoms with Gasteiger partial charge in [-0.15, -0.1) is 0 Å². The molecule has 0 heterocycles. The van der Waals surface area contributed by atoms with Crippen LogP contribution in [-0.4, -0.2) is 16.2 Å². The monoisotopic (exact) mass is 205 g/mol. The van der Waals surface area contributed by atoms with Crippen molar-refractivity contribution in [2.75, 3.05) is 0 Å². The molecule has 4 heteroatoms. The number of nitriles is 1. The Morgan fingerprint density at radius 1 is 1.53 bits per heavy atom. The summed E-state index contributed by atoms with van der Waals surface area (Å²) in [6.45, 7) is 1.54. The van der Waals surface area contributed by atoms with E-state index in [4.69, 9.17) is 15.5 Å². The molecule has 0 spiro atoms. The van der Waals surface area contributed by atoms with Gasteiger partial charge < -0.3 is 10.2 Å². The maximum atomic E-state index is 10.5. The van der Waals surface area contributed by atoms with Crippen molar-refractivity contribution >= 4 is 5.97 Å². The number of benzene rings is 1. The minimum Gasteiger partial charge on any atom is -0.481 e. The van der Waals surface area contributed by atoms with Crippen LogP contribution in [0, 0.1) is 18.3 Å². The topological polar surface area (TPSA) is 81.3 Å². The zero-order valence-electron chi connectivity index (χ0n) is 8.32. The molecule has 0 saturated heterocycles. The van der Waals surface area contributed by atoms with Crippen LogP contribution < -0.4 is 0 Å². The van der Waals surface area contributed by atoms with Gasteiger partial charge in [0.15, 0.2) is 0 Å². The van der Waals surface area contributed by atoms with E-state index in [1.54, 1.807) is 19.1 Å². The van der Waals surface area contributed by atoms with Gasteiger partial charge in [0.25, 0.3) is 0 Å². The van der Waals surface area contributed by atoms with Crippen LogP contribution in [0.25, 0.3) is 0 Å². The molecule has 1 rings (SSSR count). The van der Waals surface area contributed by atoms with Crippen LogP contribution in [0.5, 0.6) is 0 Å². The van der Waals surface area contributed by atoms with Gasteiger partial charge in [0.05, 0.1) is 24.7 Å². The van der Waals surface area contributed by atoms with E-state index < -0.39 is 5.97 Å². The number of hydrogen-bond acceptors (Lipinski definition) is 3. The first-order valence-corrected chi connectivity index (χ1v) is 4.43. The molecule has 0 amide bonds. The maximum Gasteiger partial charge on any atom is 0.307 e. The SMILES string of the molecule is Cc1c(C#N)cc(CC(=O)O)cc1CO. The van der Waals surface area contributed by atoms with Crippen LogP contribution in [-0.2, 0) is 17.8 Å². The molecule has 1 aromatic carbocycles. The molecule has 0 aliphatic carbocycles. The highest BCUT2D eigenvalue weighted by Gasteiger charge is 2.08. The predicted molar refractivity (Wildman–Crippen MR) is 53.2 cm³/mol.